The number of hydrogen-bond donors (Lipinski definition) is 1. The molecule has 0 saturated carbocycles. The van der Waals surface area contributed by atoms with Crippen molar-refractivity contribution in [2.24, 2.45) is 5.92 Å². The van der Waals surface area contributed by atoms with Crippen LogP contribution in [-0.4, -0.2) is 44.6 Å². The van der Waals surface area contributed by atoms with Crippen LogP contribution in [-0.2, 0) is 17.8 Å². The number of methoxy groups -OCH3 is 1. The molecule has 1 N–H and O–H groups in total. The van der Waals surface area contributed by atoms with Crippen molar-refractivity contribution in [2.75, 3.05) is 33.8 Å². The van der Waals surface area contributed by atoms with Crippen LogP contribution >= 0.6 is 12.4 Å². The van der Waals surface area contributed by atoms with Crippen LogP contribution in [0.15, 0.2) is 42.5 Å². The molecule has 0 aliphatic carbocycles. The smallest absolute Gasteiger partial charge is 0.233 e. The van der Waals surface area contributed by atoms with Gasteiger partial charge in [-0.15, -0.1) is 12.4 Å². The number of nitrogens with one attached hydrogen (secondary N) is 1. The molecule has 0 bridgehead atoms. The van der Waals surface area contributed by atoms with Crippen LogP contribution in [0.3, 0.4) is 0 Å². The molecule has 0 spiro atoms. The van der Waals surface area contributed by atoms with Gasteiger partial charge < -0.3 is 14.8 Å². The summed E-state index contributed by atoms with van der Waals surface area (Å²) in [5.74, 6) is 1.47. The Labute approximate surface area is 185 Å². The molecule has 0 fully saturated rings. The lowest BCUT2D eigenvalue weighted by atomic mass is 10.1. The van der Waals surface area contributed by atoms with Gasteiger partial charge in [0.2, 0.25) is 5.91 Å². The predicted octanol–water partition coefficient (Wildman–Crippen LogP) is 4.08. The molecule has 2 aromatic rings. The minimum atomic E-state index is -0.281. The van der Waals surface area contributed by atoms with Crippen LogP contribution < -0.4 is 14.8 Å². The molecule has 0 unspecified atom stereocenters. The van der Waals surface area contributed by atoms with E-state index >= 15 is 0 Å². The van der Waals surface area contributed by atoms with Gasteiger partial charge in [0.05, 0.1) is 13.7 Å². The minimum Gasteiger partial charge on any atom is -0.493 e. The first-order valence-corrected chi connectivity index (χ1v) is 9.88. The summed E-state index contributed by atoms with van der Waals surface area (Å²) in [4.78, 5) is 13.9. The topological polar surface area (TPSA) is 50.8 Å². The summed E-state index contributed by atoms with van der Waals surface area (Å²) in [5.41, 5.74) is 1.86. The fourth-order valence-electron chi connectivity index (χ4n) is 3.10. The van der Waals surface area contributed by atoms with Gasteiger partial charge in [0.25, 0.3) is 0 Å². The highest BCUT2D eigenvalue weighted by atomic mass is 35.5. The largest absolute Gasteiger partial charge is 0.493 e. The third kappa shape index (κ3) is 8.59. The molecule has 2 rings (SSSR count). The van der Waals surface area contributed by atoms with Crippen molar-refractivity contribution in [3.05, 3.63) is 59.4 Å². The maximum atomic E-state index is 13.3. The highest BCUT2D eigenvalue weighted by molar-refractivity contribution is 5.85. The van der Waals surface area contributed by atoms with Gasteiger partial charge >= 0.3 is 0 Å². The first-order valence-electron chi connectivity index (χ1n) is 9.88. The molecule has 7 heteroatoms. The Morgan fingerprint density at radius 3 is 2.53 bits per heavy atom. The van der Waals surface area contributed by atoms with E-state index in [0.29, 0.717) is 24.0 Å². The molecule has 5 nitrogen and oxygen atoms in total. The zero-order chi connectivity index (χ0) is 21.2. The van der Waals surface area contributed by atoms with Gasteiger partial charge in [-0.25, -0.2) is 4.39 Å². The number of hydrogen-bond acceptors (Lipinski definition) is 4. The Morgan fingerprint density at radius 1 is 1.13 bits per heavy atom. The van der Waals surface area contributed by atoms with Crippen LogP contribution in [0.2, 0.25) is 0 Å². The molecular weight excluding hydrogens is 407 g/mol. The number of carbonyl (C=O) groups excluding carboxylic acids is 1. The normalized spacial score (nSPS) is 10.6. The number of likely N-dealkylation sites (N-methyl/N-ethyl adjacent to an activating group) is 1. The Kier molecular flexibility index (Phi) is 11.2. The van der Waals surface area contributed by atoms with E-state index in [4.69, 9.17) is 9.47 Å². The van der Waals surface area contributed by atoms with Crippen LogP contribution in [0.4, 0.5) is 4.39 Å². The highest BCUT2D eigenvalue weighted by Crippen LogP contribution is 2.29. The van der Waals surface area contributed by atoms with E-state index in [0.717, 1.165) is 30.6 Å². The summed E-state index contributed by atoms with van der Waals surface area (Å²) in [5, 5.41) is 2.68. The monoisotopic (exact) mass is 438 g/mol. The van der Waals surface area contributed by atoms with E-state index in [-0.39, 0.29) is 30.7 Å². The van der Waals surface area contributed by atoms with Crippen LogP contribution in [0.5, 0.6) is 11.5 Å². The number of benzene rings is 2. The Hall–Kier alpha value is -2.31. The van der Waals surface area contributed by atoms with E-state index in [1.807, 2.05) is 24.3 Å². The molecular formula is C23H32ClFN2O3. The van der Waals surface area contributed by atoms with Crippen LogP contribution in [0.25, 0.3) is 0 Å². The summed E-state index contributed by atoms with van der Waals surface area (Å²) in [6.45, 7) is 6.58. The maximum absolute atomic E-state index is 13.3. The SMILES string of the molecule is CNC(=O)CN(CCc1ccc(OCc2cccc(F)c2)c(OC)c1)CC(C)C.Cl. The van der Waals surface area contributed by atoms with Crippen molar-refractivity contribution >= 4 is 18.3 Å². The van der Waals surface area contributed by atoms with Gasteiger partial charge in [-0.1, -0.05) is 32.0 Å². The highest BCUT2D eigenvalue weighted by Gasteiger charge is 2.13. The number of carbonyl (C=O) groups is 1. The first-order chi connectivity index (χ1) is 13.9. The molecule has 1 amide bonds. The van der Waals surface area contributed by atoms with Gasteiger partial charge in [0.1, 0.15) is 12.4 Å². The maximum Gasteiger partial charge on any atom is 0.233 e. The number of ether oxygens (including phenoxy) is 2. The predicted molar refractivity (Wildman–Crippen MR) is 120 cm³/mol. The van der Waals surface area contributed by atoms with E-state index in [2.05, 4.69) is 24.1 Å². The Balaban J connectivity index is 0.00000450. The standard InChI is InChI=1S/C23H31FN2O3.ClH/c1-17(2)14-26(15-23(27)25-3)11-10-18-8-9-21(22(13-18)28-4)29-16-19-6-5-7-20(24)12-19;/h5-9,12-13,17H,10-11,14-16H2,1-4H3,(H,25,27);1H. The molecule has 0 aliphatic rings. The summed E-state index contributed by atoms with van der Waals surface area (Å²) >= 11 is 0. The second kappa shape index (κ2) is 13.1. The molecule has 0 saturated heterocycles. The molecule has 0 aliphatic heterocycles. The molecule has 0 atom stereocenters. The fourth-order valence-corrected chi connectivity index (χ4v) is 3.10. The zero-order valence-electron chi connectivity index (χ0n) is 18.1. The van der Waals surface area contributed by atoms with Gasteiger partial charge in [-0.2, -0.15) is 0 Å². The second-order valence-corrected chi connectivity index (χ2v) is 7.46. The van der Waals surface area contributed by atoms with Crippen molar-refractivity contribution in [2.45, 2.75) is 26.9 Å². The lowest BCUT2D eigenvalue weighted by Gasteiger charge is -2.23. The average molecular weight is 439 g/mol. The van der Waals surface area contributed by atoms with Crippen molar-refractivity contribution in [3.8, 4) is 11.5 Å². The minimum absolute atomic E-state index is 0. The number of rotatable bonds is 11. The van der Waals surface area contributed by atoms with Crippen molar-refractivity contribution in [3.63, 3.8) is 0 Å². The first kappa shape index (κ1) is 25.7. The second-order valence-electron chi connectivity index (χ2n) is 7.46. The summed E-state index contributed by atoms with van der Waals surface area (Å²) in [6, 6.07) is 12.2. The molecule has 166 valence electrons. The van der Waals surface area contributed by atoms with E-state index < -0.39 is 0 Å². The lowest BCUT2D eigenvalue weighted by Crippen LogP contribution is -2.38. The van der Waals surface area contributed by atoms with Gasteiger partial charge in [0.15, 0.2) is 11.5 Å². The Morgan fingerprint density at radius 2 is 1.90 bits per heavy atom. The zero-order valence-corrected chi connectivity index (χ0v) is 18.9. The third-order valence-electron chi connectivity index (χ3n) is 4.50. The van der Waals surface area contributed by atoms with Crippen LogP contribution in [0, 0.1) is 11.7 Å². The fraction of sp³-hybridized carbons (Fsp3) is 0.435. The van der Waals surface area contributed by atoms with Gasteiger partial charge in [0, 0.05) is 20.1 Å². The van der Waals surface area contributed by atoms with Gasteiger partial charge in [-0.05, 0) is 47.7 Å². The van der Waals surface area contributed by atoms with E-state index in [1.165, 1.54) is 12.1 Å². The summed E-state index contributed by atoms with van der Waals surface area (Å²) < 4.78 is 24.6. The molecule has 0 heterocycles. The third-order valence-corrected chi connectivity index (χ3v) is 4.50. The Bertz CT molecular complexity index is 802. The molecule has 0 radical (unpaired) electrons. The van der Waals surface area contributed by atoms with Crippen molar-refractivity contribution < 1.29 is 18.7 Å². The summed E-state index contributed by atoms with van der Waals surface area (Å²) in [7, 11) is 3.26. The van der Waals surface area contributed by atoms with Gasteiger partial charge in [-0.3, -0.25) is 9.69 Å². The molecule has 0 aromatic heterocycles. The van der Waals surface area contributed by atoms with Crippen molar-refractivity contribution in [1.29, 1.82) is 0 Å². The van der Waals surface area contributed by atoms with Crippen molar-refractivity contribution in [1.82, 2.24) is 10.2 Å². The van der Waals surface area contributed by atoms with E-state index in [1.54, 1.807) is 20.2 Å². The molecule has 30 heavy (non-hydrogen) atoms. The van der Waals surface area contributed by atoms with Crippen LogP contribution in [0.1, 0.15) is 25.0 Å². The average Bonchev–Trinajstić information content (AvgIpc) is 2.70. The lowest BCUT2D eigenvalue weighted by molar-refractivity contribution is -0.121. The van der Waals surface area contributed by atoms with E-state index in [9.17, 15) is 9.18 Å². The number of amides is 1. The number of halogens is 2. The number of nitrogens with zero attached hydrogens (tertiary/aromatic N) is 1. The quantitative estimate of drug-likeness (QED) is 0.574. The molecule has 2 aromatic carbocycles. The summed E-state index contributed by atoms with van der Waals surface area (Å²) in [6.07, 6.45) is 0.796.